The van der Waals surface area contributed by atoms with Crippen molar-refractivity contribution in [3.8, 4) is 0 Å². The van der Waals surface area contributed by atoms with Gasteiger partial charge in [-0.25, -0.2) is 4.68 Å². The van der Waals surface area contributed by atoms with Gasteiger partial charge >= 0.3 is 5.97 Å². The van der Waals surface area contributed by atoms with Crippen LogP contribution in [0.2, 0.25) is 5.02 Å². The Hall–Kier alpha value is -1.60. The number of hydrogen-bond acceptors (Lipinski definition) is 6. The van der Waals surface area contributed by atoms with Crippen LogP contribution >= 0.6 is 11.6 Å². The Balaban J connectivity index is 2.03. The first-order chi connectivity index (χ1) is 10.0. The highest BCUT2D eigenvalue weighted by Crippen LogP contribution is 2.26. The van der Waals surface area contributed by atoms with Gasteiger partial charge in [0, 0.05) is 6.54 Å². The minimum atomic E-state index is -0.568. The number of aliphatic hydroxyl groups excluding tert-OH is 1. The molecular weight excluding hydrogens is 298 g/mol. The molecule has 8 heteroatoms. The molecule has 1 aromatic heterocycles. The third-order valence-corrected chi connectivity index (χ3v) is 3.95. The second-order valence-electron chi connectivity index (χ2n) is 5.12. The van der Waals surface area contributed by atoms with Crippen LogP contribution in [0.25, 0.3) is 0 Å². The maximum Gasteiger partial charge on any atom is 0.327 e. The molecular formula is C13H18ClN3O4. The first kappa shape index (κ1) is 15.8. The summed E-state index contributed by atoms with van der Waals surface area (Å²) in [6.07, 6.45) is 3.67. The van der Waals surface area contributed by atoms with Crippen molar-refractivity contribution < 1.29 is 14.6 Å². The average Bonchev–Trinajstić information content (AvgIpc) is 2.88. The van der Waals surface area contributed by atoms with E-state index in [9.17, 15) is 14.7 Å². The summed E-state index contributed by atoms with van der Waals surface area (Å²) in [5, 5.41) is 16.4. The maximum absolute atomic E-state index is 12.0. The normalized spacial score (nSPS) is 21.3. The van der Waals surface area contributed by atoms with Crippen LogP contribution < -0.4 is 10.9 Å². The predicted molar refractivity (Wildman–Crippen MR) is 77.4 cm³/mol. The lowest BCUT2D eigenvalue weighted by Gasteiger charge is -2.13. The number of nitrogens with zero attached hydrogens (tertiary/aromatic N) is 2. The van der Waals surface area contributed by atoms with E-state index < -0.39 is 11.5 Å². The van der Waals surface area contributed by atoms with E-state index in [2.05, 4.69) is 15.2 Å². The van der Waals surface area contributed by atoms with Crippen LogP contribution in [0.5, 0.6) is 0 Å². The van der Waals surface area contributed by atoms with Gasteiger partial charge in [0.15, 0.2) is 0 Å². The fourth-order valence-electron chi connectivity index (χ4n) is 2.38. The zero-order valence-corrected chi connectivity index (χ0v) is 12.5. The molecule has 0 radical (unpaired) electrons. The Morgan fingerprint density at radius 2 is 2.38 bits per heavy atom. The molecule has 2 rings (SSSR count). The first-order valence-corrected chi connectivity index (χ1v) is 7.13. The van der Waals surface area contributed by atoms with Crippen LogP contribution in [0.15, 0.2) is 11.0 Å². The van der Waals surface area contributed by atoms with Crippen LogP contribution in [-0.2, 0) is 16.1 Å². The van der Waals surface area contributed by atoms with Gasteiger partial charge < -0.3 is 15.2 Å². The van der Waals surface area contributed by atoms with E-state index in [1.807, 2.05) is 0 Å². The van der Waals surface area contributed by atoms with Crippen LogP contribution in [0.3, 0.4) is 0 Å². The van der Waals surface area contributed by atoms with Crippen molar-refractivity contribution in [2.45, 2.75) is 31.9 Å². The zero-order chi connectivity index (χ0) is 15.4. The van der Waals surface area contributed by atoms with E-state index in [4.69, 9.17) is 11.6 Å². The molecule has 0 aliphatic heterocycles. The number of nitrogens with one attached hydrogen (secondary N) is 1. The largest absolute Gasteiger partial charge is 0.468 e. The van der Waals surface area contributed by atoms with Crippen molar-refractivity contribution in [2.24, 2.45) is 5.92 Å². The predicted octanol–water partition coefficient (Wildman–Crippen LogP) is 0.643. The molecule has 0 amide bonds. The Morgan fingerprint density at radius 3 is 3.00 bits per heavy atom. The molecule has 2 N–H and O–H groups in total. The standard InChI is InChI=1S/C13H18ClN3O4/c1-21-11(19)7-17-13(20)12(14)10(6-16-17)15-5-8-2-3-9(18)4-8/h6,8-9,15,18H,2-5,7H2,1H3. The van der Waals surface area contributed by atoms with Gasteiger partial charge in [0.25, 0.3) is 5.56 Å². The molecule has 0 spiro atoms. The first-order valence-electron chi connectivity index (χ1n) is 6.75. The summed E-state index contributed by atoms with van der Waals surface area (Å²) in [4.78, 5) is 23.1. The SMILES string of the molecule is COC(=O)Cn1ncc(NCC2CCC(O)C2)c(Cl)c1=O. The molecule has 1 saturated carbocycles. The Bertz CT molecular complexity index is 575. The van der Waals surface area contributed by atoms with E-state index >= 15 is 0 Å². The van der Waals surface area contributed by atoms with Crippen molar-refractivity contribution in [1.29, 1.82) is 0 Å². The molecule has 1 aliphatic rings. The van der Waals surface area contributed by atoms with Gasteiger partial charge in [-0.15, -0.1) is 0 Å². The number of aromatic nitrogens is 2. The van der Waals surface area contributed by atoms with Gasteiger partial charge in [-0.3, -0.25) is 9.59 Å². The van der Waals surface area contributed by atoms with Gasteiger partial charge in [0.1, 0.15) is 11.6 Å². The summed E-state index contributed by atoms with van der Waals surface area (Å²) in [6.45, 7) is 0.350. The molecule has 0 saturated heterocycles. The van der Waals surface area contributed by atoms with Gasteiger partial charge in [0.2, 0.25) is 0 Å². The molecule has 1 heterocycles. The van der Waals surface area contributed by atoms with Crippen molar-refractivity contribution in [3.05, 3.63) is 21.6 Å². The smallest absolute Gasteiger partial charge is 0.327 e. The number of ether oxygens (including phenoxy) is 1. The monoisotopic (exact) mass is 315 g/mol. The quantitative estimate of drug-likeness (QED) is 0.775. The summed E-state index contributed by atoms with van der Waals surface area (Å²) in [6, 6.07) is 0. The summed E-state index contributed by atoms with van der Waals surface area (Å²) < 4.78 is 5.44. The lowest BCUT2D eigenvalue weighted by Crippen LogP contribution is -2.28. The minimum absolute atomic E-state index is 0.00699. The van der Waals surface area contributed by atoms with Crippen molar-refractivity contribution in [1.82, 2.24) is 9.78 Å². The van der Waals surface area contributed by atoms with Crippen LogP contribution in [0, 0.1) is 5.92 Å². The van der Waals surface area contributed by atoms with Crippen LogP contribution in [0.4, 0.5) is 5.69 Å². The number of aliphatic hydroxyl groups is 1. The average molecular weight is 316 g/mol. The lowest BCUT2D eigenvalue weighted by molar-refractivity contribution is -0.141. The van der Waals surface area contributed by atoms with Crippen LogP contribution in [-0.4, -0.2) is 40.6 Å². The number of halogens is 1. The fourth-order valence-corrected chi connectivity index (χ4v) is 2.59. The number of anilines is 1. The van der Waals surface area contributed by atoms with Crippen LogP contribution in [0.1, 0.15) is 19.3 Å². The molecule has 1 fully saturated rings. The van der Waals surface area contributed by atoms with E-state index in [0.29, 0.717) is 18.2 Å². The summed E-state index contributed by atoms with van der Waals surface area (Å²) in [5.74, 6) is -0.213. The van der Waals surface area contributed by atoms with Crippen molar-refractivity contribution in [3.63, 3.8) is 0 Å². The second kappa shape index (κ2) is 6.91. The molecule has 116 valence electrons. The number of hydrogen-bond donors (Lipinski definition) is 2. The summed E-state index contributed by atoms with van der Waals surface area (Å²) in [5.41, 5.74) is -0.109. The third-order valence-electron chi connectivity index (χ3n) is 3.59. The van der Waals surface area contributed by atoms with Gasteiger partial charge in [-0.1, -0.05) is 11.6 Å². The van der Waals surface area contributed by atoms with E-state index in [1.165, 1.54) is 13.3 Å². The van der Waals surface area contributed by atoms with E-state index in [1.54, 1.807) is 0 Å². The molecule has 1 aromatic rings. The number of carbonyl (C=O) groups is 1. The molecule has 1 aliphatic carbocycles. The van der Waals surface area contributed by atoms with Gasteiger partial charge in [-0.2, -0.15) is 5.10 Å². The topological polar surface area (TPSA) is 93.5 Å². The highest BCUT2D eigenvalue weighted by atomic mass is 35.5. The van der Waals surface area contributed by atoms with Crippen molar-refractivity contribution >= 4 is 23.3 Å². The number of carbonyl (C=O) groups excluding carboxylic acids is 1. The molecule has 0 aromatic carbocycles. The Kier molecular flexibility index (Phi) is 5.19. The lowest BCUT2D eigenvalue weighted by atomic mass is 10.1. The summed E-state index contributed by atoms with van der Waals surface area (Å²) >= 11 is 6.00. The van der Waals surface area contributed by atoms with Gasteiger partial charge in [0.05, 0.1) is 25.1 Å². The van der Waals surface area contributed by atoms with E-state index in [0.717, 1.165) is 23.9 Å². The third kappa shape index (κ3) is 3.95. The molecule has 7 nitrogen and oxygen atoms in total. The minimum Gasteiger partial charge on any atom is -0.468 e. The number of rotatable bonds is 5. The number of methoxy groups -OCH3 is 1. The van der Waals surface area contributed by atoms with Gasteiger partial charge in [-0.05, 0) is 25.2 Å². The highest BCUT2D eigenvalue weighted by molar-refractivity contribution is 6.32. The molecule has 2 atom stereocenters. The fraction of sp³-hybridized carbons (Fsp3) is 0.615. The Labute approximate surface area is 126 Å². The summed E-state index contributed by atoms with van der Waals surface area (Å²) in [7, 11) is 1.24. The molecule has 0 bridgehead atoms. The van der Waals surface area contributed by atoms with E-state index in [-0.39, 0.29) is 17.7 Å². The molecule has 2 unspecified atom stereocenters. The number of esters is 1. The maximum atomic E-state index is 12.0. The van der Waals surface area contributed by atoms with Crippen molar-refractivity contribution in [2.75, 3.05) is 19.0 Å². The zero-order valence-electron chi connectivity index (χ0n) is 11.7. The Morgan fingerprint density at radius 1 is 1.62 bits per heavy atom. The second-order valence-corrected chi connectivity index (χ2v) is 5.50. The highest BCUT2D eigenvalue weighted by Gasteiger charge is 2.23. The molecule has 21 heavy (non-hydrogen) atoms.